The first-order chi connectivity index (χ1) is 9.75. The van der Waals surface area contributed by atoms with Gasteiger partial charge in [0, 0.05) is 25.2 Å². The first-order valence-electron chi connectivity index (χ1n) is 8.53. The second-order valence-electron chi connectivity index (χ2n) is 6.52. The van der Waals surface area contributed by atoms with Crippen molar-refractivity contribution in [2.24, 2.45) is 0 Å². The molecule has 0 spiro atoms. The van der Waals surface area contributed by atoms with E-state index in [1.807, 2.05) is 0 Å². The van der Waals surface area contributed by atoms with Crippen LogP contribution in [0, 0.1) is 0 Å². The predicted molar refractivity (Wildman–Crippen MR) is 84.2 cm³/mol. The van der Waals surface area contributed by atoms with Crippen molar-refractivity contribution < 1.29 is 4.74 Å². The van der Waals surface area contributed by atoms with Gasteiger partial charge in [-0.25, -0.2) is 0 Å². The van der Waals surface area contributed by atoms with Crippen LogP contribution in [0.3, 0.4) is 0 Å². The number of likely N-dealkylation sites (tertiary alicyclic amines) is 1. The van der Waals surface area contributed by atoms with E-state index in [1.165, 1.54) is 51.9 Å². The molecule has 2 heterocycles. The average Bonchev–Trinajstić information content (AvgIpc) is 2.70. The van der Waals surface area contributed by atoms with Crippen LogP contribution >= 0.6 is 0 Å². The lowest BCUT2D eigenvalue weighted by Gasteiger charge is -2.27. The van der Waals surface area contributed by atoms with Crippen LogP contribution in [0.5, 0.6) is 0 Å². The van der Waals surface area contributed by atoms with E-state index in [4.69, 9.17) is 4.74 Å². The van der Waals surface area contributed by atoms with Gasteiger partial charge >= 0.3 is 0 Å². The molecule has 0 aromatic rings. The van der Waals surface area contributed by atoms with Crippen molar-refractivity contribution in [2.45, 2.75) is 51.6 Å². The maximum atomic E-state index is 5.38. The summed E-state index contributed by atoms with van der Waals surface area (Å²) in [4.78, 5) is 5.15. The zero-order chi connectivity index (χ0) is 14.2. The Morgan fingerprint density at radius 3 is 2.65 bits per heavy atom. The molecule has 2 rings (SSSR count). The molecule has 4 heteroatoms. The van der Waals surface area contributed by atoms with E-state index in [9.17, 15) is 0 Å². The highest BCUT2D eigenvalue weighted by atomic mass is 16.5. The summed E-state index contributed by atoms with van der Waals surface area (Å²) in [7, 11) is 0. The van der Waals surface area contributed by atoms with Crippen LogP contribution in [0.1, 0.15) is 39.5 Å². The number of nitrogens with zero attached hydrogens (tertiary/aromatic N) is 2. The Balaban J connectivity index is 1.55. The molecule has 118 valence electrons. The van der Waals surface area contributed by atoms with Gasteiger partial charge in [-0.15, -0.1) is 0 Å². The van der Waals surface area contributed by atoms with Gasteiger partial charge in [0.25, 0.3) is 0 Å². The molecule has 2 fully saturated rings. The smallest absolute Gasteiger partial charge is 0.0594 e. The van der Waals surface area contributed by atoms with Crippen molar-refractivity contribution in [1.82, 2.24) is 15.1 Å². The molecule has 1 unspecified atom stereocenters. The maximum absolute atomic E-state index is 5.38. The molecule has 0 aromatic heterocycles. The Bertz CT molecular complexity index is 254. The van der Waals surface area contributed by atoms with Crippen molar-refractivity contribution in [3.8, 4) is 0 Å². The highest BCUT2D eigenvalue weighted by Crippen LogP contribution is 2.13. The zero-order valence-electron chi connectivity index (χ0n) is 13.4. The third-order valence-corrected chi connectivity index (χ3v) is 4.68. The summed E-state index contributed by atoms with van der Waals surface area (Å²) < 4.78 is 5.38. The van der Waals surface area contributed by atoms with Gasteiger partial charge in [0.15, 0.2) is 0 Å². The molecule has 20 heavy (non-hydrogen) atoms. The normalized spacial score (nSPS) is 26.9. The largest absolute Gasteiger partial charge is 0.379 e. The van der Waals surface area contributed by atoms with Crippen LogP contribution in [-0.4, -0.2) is 74.4 Å². The van der Waals surface area contributed by atoms with E-state index in [1.54, 1.807) is 0 Å². The van der Waals surface area contributed by atoms with Crippen molar-refractivity contribution >= 4 is 0 Å². The van der Waals surface area contributed by atoms with E-state index in [0.29, 0.717) is 6.04 Å². The third kappa shape index (κ3) is 5.68. The Morgan fingerprint density at radius 1 is 1.10 bits per heavy atom. The van der Waals surface area contributed by atoms with Gasteiger partial charge in [-0.3, -0.25) is 4.90 Å². The minimum absolute atomic E-state index is 0.704. The Labute approximate surface area is 124 Å². The minimum atomic E-state index is 0.704. The molecule has 0 aliphatic carbocycles. The molecule has 2 saturated heterocycles. The number of morpholine rings is 1. The lowest BCUT2D eigenvalue weighted by molar-refractivity contribution is 0.0373. The van der Waals surface area contributed by atoms with Gasteiger partial charge in [0.2, 0.25) is 0 Å². The van der Waals surface area contributed by atoms with Crippen molar-refractivity contribution in [2.75, 3.05) is 52.5 Å². The van der Waals surface area contributed by atoms with Crippen molar-refractivity contribution in [3.63, 3.8) is 0 Å². The molecule has 2 aliphatic rings. The lowest BCUT2D eigenvalue weighted by atomic mass is 10.1. The molecule has 1 atom stereocenters. The van der Waals surface area contributed by atoms with Crippen LogP contribution in [0.15, 0.2) is 0 Å². The summed E-state index contributed by atoms with van der Waals surface area (Å²) >= 11 is 0. The highest BCUT2D eigenvalue weighted by molar-refractivity contribution is 4.76. The van der Waals surface area contributed by atoms with Gasteiger partial charge in [-0.2, -0.15) is 0 Å². The quantitative estimate of drug-likeness (QED) is 0.749. The molecule has 2 aliphatic heterocycles. The van der Waals surface area contributed by atoms with Gasteiger partial charge in [0.05, 0.1) is 13.2 Å². The molecule has 4 nitrogen and oxygen atoms in total. The number of hydrogen-bond donors (Lipinski definition) is 1. The predicted octanol–water partition coefficient (Wildman–Crippen LogP) is 1.56. The Hall–Kier alpha value is -0.160. The van der Waals surface area contributed by atoms with Gasteiger partial charge in [-0.05, 0) is 65.7 Å². The summed E-state index contributed by atoms with van der Waals surface area (Å²) in [6.45, 7) is 13.6. The molecule has 0 bridgehead atoms. The molecular weight excluding hydrogens is 250 g/mol. The summed E-state index contributed by atoms with van der Waals surface area (Å²) in [6, 6.07) is 1.44. The van der Waals surface area contributed by atoms with Gasteiger partial charge in [-0.1, -0.05) is 0 Å². The van der Waals surface area contributed by atoms with E-state index in [0.717, 1.165) is 32.3 Å². The minimum Gasteiger partial charge on any atom is -0.379 e. The fraction of sp³-hybridized carbons (Fsp3) is 1.00. The second kappa shape index (κ2) is 8.98. The topological polar surface area (TPSA) is 27.7 Å². The summed E-state index contributed by atoms with van der Waals surface area (Å²) in [5, 5.41) is 3.78. The Morgan fingerprint density at radius 2 is 1.90 bits per heavy atom. The number of nitrogens with one attached hydrogen (secondary N) is 1. The number of hydrogen-bond acceptors (Lipinski definition) is 4. The fourth-order valence-electron chi connectivity index (χ4n) is 3.27. The van der Waals surface area contributed by atoms with E-state index >= 15 is 0 Å². The van der Waals surface area contributed by atoms with Gasteiger partial charge in [0.1, 0.15) is 0 Å². The van der Waals surface area contributed by atoms with Crippen molar-refractivity contribution in [1.29, 1.82) is 0 Å². The van der Waals surface area contributed by atoms with Crippen LogP contribution in [0.25, 0.3) is 0 Å². The summed E-state index contributed by atoms with van der Waals surface area (Å²) in [5.74, 6) is 0. The van der Waals surface area contributed by atoms with E-state index < -0.39 is 0 Å². The highest BCUT2D eigenvalue weighted by Gasteiger charge is 2.18. The van der Waals surface area contributed by atoms with Crippen LogP contribution < -0.4 is 5.32 Å². The van der Waals surface area contributed by atoms with Crippen molar-refractivity contribution in [3.05, 3.63) is 0 Å². The zero-order valence-corrected chi connectivity index (χ0v) is 13.4. The second-order valence-corrected chi connectivity index (χ2v) is 6.52. The van der Waals surface area contributed by atoms with Crippen LogP contribution in [0.2, 0.25) is 0 Å². The van der Waals surface area contributed by atoms with E-state index in [-0.39, 0.29) is 0 Å². The Kier molecular flexibility index (Phi) is 7.28. The molecule has 0 amide bonds. The molecule has 1 N–H and O–H groups in total. The number of rotatable bonds is 6. The SMILES string of the molecule is CC(C)N1CCCC(NCCCN2CCOCC2)CC1. The maximum Gasteiger partial charge on any atom is 0.0594 e. The fourth-order valence-corrected chi connectivity index (χ4v) is 3.27. The lowest BCUT2D eigenvalue weighted by Crippen LogP contribution is -2.39. The molecule has 0 radical (unpaired) electrons. The van der Waals surface area contributed by atoms with Crippen LogP contribution in [0.4, 0.5) is 0 Å². The van der Waals surface area contributed by atoms with E-state index in [2.05, 4.69) is 29.0 Å². The third-order valence-electron chi connectivity index (χ3n) is 4.68. The average molecular weight is 283 g/mol. The molecule has 0 saturated carbocycles. The standard InChI is InChI=1S/C16H33N3O/c1-15(2)19-9-3-5-16(6-10-19)17-7-4-8-18-11-13-20-14-12-18/h15-17H,3-14H2,1-2H3. The monoisotopic (exact) mass is 283 g/mol. The first-order valence-corrected chi connectivity index (χ1v) is 8.53. The van der Waals surface area contributed by atoms with Crippen LogP contribution in [-0.2, 0) is 4.74 Å². The molecular formula is C16H33N3O. The summed E-state index contributed by atoms with van der Waals surface area (Å²) in [5.41, 5.74) is 0. The number of ether oxygens (including phenoxy) is 1. The molecule has 0 aromatic carbocycles. The summed E-state index contributed by atoms with van der Waals surface area (Å²) in [6.07, 6.45) is 5.28. The van der Waals surface area contributed by atoms with Gasteiger partial charge < -0.3 is 15.0 Å². The first kappa shape index (κ1) is 16.2.